The van der Waals surface area contributed by atoms with Crippen LogP contribution in [0, 0.1) is 12.7 Å². The second-order valence-electron chi connectivity index (χ2n) is 5.12. The van der Waals surface area contributed by atoms with E-state index in [1.165, 1.54) is 18.2 Å². The lowest BCUT2D eigenvalue weighted by molar-refractivity contribution is 0.563. The topological polar surface area (TPSA) is 63.6 Å². The molecule has 3 rings (SSSR count). The highest BCUT2D eigenvalue weighted by molar-refractivity contribution is 5.52. The van der Waals surface area contributed by atoms with Crippen molar-refractivity contribution in [2.75, 3.05) is 0 Å². The van der Waals surface area contributed by atoms with Crippen LogP contribution in [0.15, 0.2) is 47.4 Å². The van der Waals surface area contributed by atoms with Gasteiger partial charge < -0.3 is 4.98 Å². The number of aromatic amines is 1. The minimum absolute atomic E-state index is 0.0440. The molecule has 0 saturated heterocycles. The minimum Gasteiger partial charge on any atom is -0.311 e. The van der Waals surface area contributed by atoms with Crippen molar-refractivity contribution < 1.29 is 4.39 Å². The van der Waals surface area contributed by atoms with E-state index in [1.807, 2.05) is 13.1 Å². The molecule has 0 aliphatic rings. The molecule has 112 valence electrons. The van der Waals surface area contributed by atoms with E-state index in [9.17, 15) is 9.18 Å². The van der Waals surface area contributed by atoms with Crippen molar-refractivity contribution in [2.24, 2.45) is 0 Å². The van der Waals surface area contributed by atoms with Gasteiger partial charge in [0.05, 0.1) is 11.7 Å². The maximum atomic E-state index is 13.0. The first kappa shape index (κ1) is 14.2. The molecule has 22 heavy (non-hydrogen) atoms. The lowest BCUT2D eigenvalue weighted by Gasteiger charge is -2.12. The number of aromatic nitrogens is 4. The number of hydrogen-bond acceptors (Lipinski definition) is 3. The SMILES string of the molecule is Cc1nc(-c2ccn(C(C)c3ccc(F)cc3)n2)cc(=O)[nH]1. The number of nitrogens with zero attached hydrogens (tertiary/aromatic N) is 3. The zero-order valence-electron chi connectivity index (χ0n) is 12.2. The van der Waals surface area contributed by atoms with Crippen molar-refractivity contribution in [1.29, 1.82) is 0 Å². The van der Waals surface area contributed by atoms with Crippen molar-refractivity contribution in [1.82, 2.24) is 19.7 Å². The molecule has 0 spiro atoms. The Kier molecular flexibility index (Phi) is 3.58. The highest BCUT2D eigenvalue weighted by Crippen LogP contribution is 2.20. The third kappa shape index (κ3) is 2.81. The van der Waals surface area contributed by atoms with Crippen LogP contribution in [0.5, 0.6) is 0 Å². The zero-order chi connectivity index (χ0) is 15.7. The molecular weight excluding hydrogens is 283 g/mol. The Morgan fingerprint density at radius 3 is 2.59 bits per heavy atom. The van der Waals surface area contributed by atoms with Gasteiger partial charge in [-0.2, -0.15) is 5.10 Å². The smallest absolute Gasteiger partial charge is 0.251 e. The van der Waals surface area contributed by atoms with Gasteiger partial charge >= 0.3 is 0 Å². The first-order valence-electron chi connectivity index (χ1n) is 6.92. The fourth-order valence-electron chi connectivity index (χ4n) is 2.30. The highest BCUT2D eigenvalue weighted by Gasteiger charge is 2.11. The number of rotatable bonds is 3. The van der Waals surface area contributed by atoms with Gasteiger partial charge in [0.1, 0.15) is 17.3 Å². The maximum absolute atomic E-state index is 13.0. The van der Waals surface area contributed by atoms with Crippen molar-refractivity contribution in [2.45, 2.75) is 19.9 Å². The minimum atomic E-state index is -0.264. The summed E-state index contributed by atoms with van der Waals surface area (Å²) in [6.07, 6.45) is 1.82. The molecule has 0 amide bonds. The normalized spacial score (nSPS) is 12.3. The van der Waals surface area contributed by atoms with Crippen molar-refractivity contribution in [3.63, 3.8) is 0 Å². The Labute approximate surface area is 126 Å². The monoisotopic (exact) mass is 298 g/mol. The van der Waals surface area contributed by atoms with Crippen LogP contribution in [-0.2, 0) is 0 Å². The largest absolute Gasteiger partial charge is 0.311 e. The van der Waals surface area contributed by atoms with Gasteiger partial charge in [-0.25, -0.2) is 9.37 Å². The molecule has 1 unspecified atom stereocenters. The lowest BCUT2D eigenvalue weighted by Crippen LogP contribution is -2.10. The summed E-state index contributed by atoms with van der Waals surface area (Å²) in [6, 6.07) is 9.50. The summed E-state index contributed by atoms with van der Waals surface area (Å²) in [5, 5.41) is 4.47. The van der Waals surface area contributed by atoms with Crippen LogP contribution in [0.2, 0.25) is 0 Å². The number of hydrogen-bond donors (Lipinski definition) is 1. The van der Waals surface area contributed by atoms with Gasteiger partial charge in [-0.05, 0) is 37.6 Å². The zero-order valence-corrected chi connectivity index (χ0v) is 12.2. The Morgan fingerprint density at radius 1 is 1.18 bits per heavy atom. The van der Waals surface area contributed by atoms with E-state index >= 15 is 0 Å². The number of benzene rings is 1. The van der Waals surface area contributed by atoms with E-state index in [2.05, 4.69) is 15.1 Å². The van der Waals surface area contributed by atoms with Gasteiger partial charge in [0.25, 0.3) is 5.56 Å². The maximum Gasteiger partial charge on any atom is 0.251 e. The first-order chi connectivity index (χ1) is 10.5. The van der Waals surface area contributed by atoms with E-state index in [0.29, 0.717) is 17.2 Å². The summed E-state index contributed by atoms with van der Waals surface area (Å²) in [5.41, 5.74) is 1.91. The summed E-state index contributed by atoms with van der Waals surface area (Å²) in [4.78, 5) is 18.4. The van der Waals surface area contributed by atoms with Gasteiger partial charge in [0.2, 0.25) is 0 Å². The summed E-state index contributed by atoms with van der Waals surface area (Å²) >= 11 is 0. The van der Waals surface area contributed by atoms with E-state index in [1.54, 1.807) is 29.8 Å². The molecule has 0 fully saturated rings. The van der Waals surface area contributed by atoms with E-state index in [4.69, 9.17) is 0 Å². The summed E-state index contributed by atoms with van der Waals surface area (Å²) in [5.74, 6) is 0.281. The average Bonchev–Trinajstić information content (AvgIpc) is 2.96. The Balaban J connectivity index is 1.93. The molecule has 0 aliphatic heterocycles. The summed E-state index contributed by atoms with van der Waals surface area (Å²) in [6.45, 7) is 3.70. The number of aryl methyl sites for hydroxylation is 1. The Hall–Kier alpha value is -2.76. The molecule has 0 aliphatic carbocycles. The Morgan fingerprint density at radius 2 is 1.91 bits per heavy atom. The summed E-state index contributed by atoms with van der Waals surface area (Å²) < 4.78 is 14.8. The molecule has 0 bridgehead atoms. The average molecular weight is 298 g/mol. The van der Waals surface area contributed by atoms with E-state index in [0.717, 1.165) is 5.56 Å². The number of H-pyrrole nitrogens is 1. The van der Waals surface area contributed by atoms with Crippen LogP contribution in [0.3, 0.4) is 0 Å². The van der Waals surface area contributed by atoms with Crippen molar-refractivity contribution in [3.8, 4) is 11.4 Å². The molecule has 1 N–H and O–H groups in total. The fraction of sp³-hybridized carbons (Fsp3) is 0.188. The summed E-state index contributed by atoms with van der Waals surface area (Å²) in [7, 11) is 0. The van der Waals surface area contributed by atoms with Gasteiger partial charge in [-0.15, -0.1) is 0 Å². The van der Waals surface area contributed by atoms with Gasteiger partial charge in [-0.3, -0.25) is 9.48 Å². The third-order valence-corrected chi connectivity index (χ3v) is 3.48. The van der Waals surface area contributed by atoms with E-state index < -0.39 is 0 Å². The van der Waals surface area contributed by atoms with Gasteiger partial charge in [0.15, 0.2) is 0 Å². The predicted octanol–water partition coefficient (Wildman–Crippen LogP) is 2.69. The van der Waals surface area contributed by atoms with Crippen LogP contribution < -0.4 is 5.56 Å². The van der Waals surface area contributed by atoms with Gasteiger partial charge in [0, 0.05) is 12.3 Å². The molecule has 3 aromatic rings. The fourth-order valence-corrected chi connectivity index (χ4v) is 2.30. The van der Waals surface area contributed by atoms with Crippen LogP contribution in [0.1, 0.15) is 24.4 Å². The molecule has 1 atom stereocenters. The molecule has 1 aromatic carbocycles. The van der Waals surface area contributed by atoms with Crippen LogP contribution >= 0.6 is 0 Å². The number of halogens is 1. The molecule has 2 aromatic heterocycles. The molecule has 6 heteroatoms. The molecule has 2 heterocycles. The first-order valence-corrected chi connectivity index (χ1v) is 6.92. The molecule has 0 saturated carbocycles. The highest BCUT2D eigenvalue weighted by atomic mass is 19.1. The molecular formula is C16H15FN4O. The number of nitrogens with one attached hydrogen (secondary N) is 1. The van der Waals surface area contributed by atoms with Crippen LogP contribution in [0.4, 0.5) is 4.39 Å². The molecule has 5 nitrogen and oxygen atoms in total. The lowest BCUT2D eigenvalue weighted by atomic mass is 10.1. The third-order valence-electron chi connectivity index (χ3n) is 3.48. The van der Waals surface area contributed by atoms with Crippen molar-refractivity contribution >= 4 is 0 Å². The standard InChI is InChI=1S/C16H15FN4O/c1-10(12-3-5-13(17)6-4-12)21-8-7-14(20-21)15-9-16(22)19-11(2)18-15/h3-10H,1-2H3,(H,18,19,22). The molecule has 0 radical (unpaired) electrons. The van der Waals surface area contributed by atoms with Gasteiger partial charge in [-0.1, -0.05) is 12.1 Å². The van der Waals surface area contributed by atoms with Crippen LogP contribution in [0.25, 0.3) is 11.4 Å². The van der Waals surface area contributed by atoms with Crippen LogP contribution in [-0.4, -0.2) is 19.7 Å². The second kappa shape index (κ2) is 5.55. The Bertz CT molecular complexity index is 851. The quantitative estimate of drug-likeness (QED) is 0.808. The second-order valence-corrected chi connectivity index (χ2v) is 5.12. The van der Waals surface area contributed by atoms with Crippen molar-refractivity contribution in [3.05, 3.63) is 70.2 Å². The van der Waals surface area contributed by atoms with E-state index in [-0.39, 0.29) is 17.4 Å². The predicted molar refractivity (Wildman–Crippen MR) is 81.0 cm³/mol.